The summed E-state index contributed by atoms with van der Waals surface area (Å²) in [6.07, 6.45) is 12.2. The highest BCUT2D eigenvalue weighted by molar-refractivity contribution is 5.76. The van der Waals surface area contributed by atoms with Gasteiger partial charge in [0.2, 0.25) is 5.91 Å². The molecule has 0 aromatic carbocycles. The highest BCUT2D eigenvalue weighted by atomic mass is 16.2. The second kappa shape index (κ2) is 8.18. The van der Waals surface area contributed by atoms with E-state index >= 15 is 0 Å². The van der Waals surface area contributed by atoms with Gasteiger partial charge in [-0.2, -0.15) is 0 Å². The number of likely N-dealkylation sites (N-methyl/N-ethyl adjacent to an activating group) is 2. The van der Waals surface area contributed by atoms with E-state index in [9.17, 15) is 4.79 Å². The molecule has 0 aromatic heterocycles. The molecule has 138 valence electrons. The molecular weight excluding hydrogens is 298 g/mol. The van der Waals surface area contributed by atoms with Crippen molar-refractivity contribution in [3.05, 3.63) is 0 Å². The standard InChI is InChI=1S/C20H37N3O/c1-21-13-11-17(12-14-21)22(2)18-9-4-5-10-19(18)23(3)20(24)15-16-7-6-8-16/h16-19H,4-15H2,1-3H3/t18-,19+/m0/s1. The van der Waals surface area contributed by atoms with Gasteiger partial charge >= 0.3 is 0 Å². The van der Waals surface area contributed by atoms with Gasteiger partial charge in [0.1, 0.15) is 0 Å². The fourth-order valence-electron chi connectivity index (χ4n) is 4.96. The van der Waals surface area contributed by atoms with E-state index in [-0.39, 0.29) is 0 Å². The Morgan fingerprint density at radius 2 is 1.54 bits per heavy atom. The maximum absolute atomic E-state index is 12.7. The number of likely N-dealkylation sites (tertiary alicyclic amines) is 1. The van der Waals surface area contributed by atoms with Crippen LogP contribution >= 0.6 is 0 Å². The summed E-state index contributed by atoms with van der Waals surface area (Å²) in [7, 11) is 6.63. The maximum Gasteiger partial charge on any atom is 0.222 e. The van der Waals surface area contributed by atoms with Crippen LogP contribution in [-0.2, 0) is 4.79 Å². The van der Waals surface area contributed by atoms with E-state index in [1.54, 1.807) is 0 Å². The van der Waals surface area contributed by atoms with Crippen LogP contribution in [0.15, 0.2) is 0 Å². The molecule has 2 atom stereocenters. The van der Waals surface area contributed by atoms with Crippen molar-refractivity contribution in [2.45, 2.75) is 82.3 Å². The number of amides is 1. The van der Waals surface area contributed by atoms with Crippen molar-refractivity contribution in [1.82, 2.24) is 14.7 Å². The van der Waals surface area contributed by atoms with Crippen molar-refractivity contribution in [2.75, 3.05) is 34.2 Å². The number of hydrogen-bond acceptors (Lipinski definition) is 3. The molecular formula is C20H37N3O. The normalized spacial score (nSPS) is 30.3. The van der Waals surface area contributed by atoms with Gasteiger partial charge in [0.05, 0.1) is 0 Å². The molecule has 0 radical (unpaired) electrons. The van der Waals surface area contributed by atoms with E-state index in [0.717, 1.165) is 6.42 Å². The molecule has 0 spiro atoms. The quantitative estimate of drug-likeness (QED) is 0.773. The molecule has 1 amide bonds. The molecule has 3 aliphatic rings. The van der Waals surface area contributed by atoms with Gasteiger partial charge < -0.3 is 9.80 Å². The molecule has 1 heterocycles. The molecule has 4 nitrogen and oxygen atoms in total. The average molecular weight is 336 g/mol. The van der Waals surface area contributed by atoms with Crippen molar-refractivity contribution in [1.29, 1.82) is 0 Å². The highest BCUT2D eigenvalue weighted by Gasteiger charge is 2.37. The Bertz CT molecular complexity index is 415. The SMILES string of the molecule is CN1CCC(N(C)[C@H]2CCCC[C@H]2N(C)C(=O)CC2CCC2)CC1. The zero-order valence-electron chi connectivity index (χ0n) is 16.0. The molecule has 24 heavy (non-hydrogen) atoms. The van der Waals surface area contributed by atoms with E-state index in [1.165, 1.54) is 70.9 Å². The first-order valence-electron chi connectivity index (χ1n) is 10.2. The van der Waals surface area contributed by atoms with Crippen molar-refractivity contribution in [3.63, 3.8) is 0 Å². The summed E-state index contributed by atoms with van der Waals surface area (Å²) >= 11 is 0. The van der Waals surface area contributed by atoms with Gasteiger partial charge in [-0.05, 0) is 71.6 Å². The first-order chi connectivity index (χ1) is 11.6. The van der Waals surface area contributed by atoms with Gasteiger partial charge in [-0.15, -0.1) is 0 Å². The van der Waals surface area contributed by atoms with Crippen molar-refractivity contribution >= 4 is 5.91 Å². The summed E-state index contributed by atoms with van der Waals surface area (Å²) in [5.74, 6) is 1.07. The van der Waals surface area contributed by atoms with Crippen LogP contribution < -0.4 is 0 Å². The highest BCUT2D eigenvalue weighted by Crippen LogP contribution is 2.33. The second-order valence-corrected chi connectivity index (χ2v) is 8.62. The van der Waals surface area contributed by atoms with Crippen molar-refractivity contribution < 1.29 is 4.79 Å². The molecule has 0 N–H and O–H groups in total. The Morgan fingerprint density at radius 1 is 0.917 bits per heavy atom. The van der Waals surface area contributed by atoms with E-state index in [0.29, 0.717) is 30.0 Å². The lowest BCUT2D eigenvalue weighted by Gasteiger charge is -2.47. The topological polar surface area (TPSA) is 26.8 Å². The Balaban J connectivity index is 1.60. The first-order valence-corrected chi connectivity index (χ1v) is 10.2. The monoisotopic (exact) mass is 335 g/mol. The minimum Gasteiger partial charge on any atom is -0.341 e. The number of carbonyl (C=O) groups excluding carboxylic acids is 1. The number of rotatable bonds is 5. The Kier molecular flexibility index (Phi) is 6.20. The number of carbonyl (C=O) groups is 1. The summed E-state index contributed by atoms with van der Waals surface area (Å²) in [5, 5.41) is 0. The second-order valence-electron chi connectivity index (χ2n) is 8.62. The predicted octanol–water partition coefficient (Wildman–Crippen LogP) is 2.97. The zero-order chi connectivity index (χ0) is 17.1. The van der Waals surface area contributed by atoms with Crippen LogP contribution in [0.5, 0.6) is 0 Å². The third-order valence-electron chi connectivity index (χ3n) is 7.06. The van der Waals surface area contributed by atoms with Gasteiger partial charge in [0, 0.05) is 31.6 Å². The minimum atomic E-state index is 0.397. The largest absolute Gasteiger partial charge is 0.341 e. The molecule has 0 bridgehead atoms. The van der Waals surface area contributed by atoms with Gasteiger partial charge in [-0.25, -0.2) is 0 Å². The van der Waals surface area contributed by atoms with E-state index in [1.807, 2.05) is 0 Å². The number of piperidine rings is 1. The maximum atomic E-state index is 12.7. The van der Waals surface area contributed by atoms with Crippen LogP contribution in [0.4, 0.5) is 0 Å². The molecule has 4 heteroatoms. The molecule has 1 aliphatic heterocycles. The third-order valence-corrected chi connectivity index (χ3v) is 7.06. The smallest absolute Gasteiger partial charge is 0.222 e. The van der Waals surface area contributed by atoms with Crippen molar-refractivity contribution in [3.8, 4) is 0 Å². The molecule has 1 saturated heterocycles. The summed E-state index contributed by atoms with van der Waals surface area (Å²) in [5.41, 5.74) is 0. The lowest BCUT2D eigenvalue weighted by molar-refractivity contribution is -0.136. The molecule has 0 unspecified atom stereocenters. The Hall–Kier alpha value is -0.610. The van der Waals surface area contributed by atoms with E-state index in [2.05, 4.69) is 35.8 Å². The van der Waals surface area contributed by atoms with Gasteiger partial charge in [0.15, 0.2) is 0 Å². The summed E-state index contributed by atoms with van der Waals surface area (Å²) in [4.78, 5) is 20.0. The van der Waals surface area contributed by atoms with Crippen LogP contribution in [0, 0.1) is 5.92 Å². The number of nitrogens with zero attached hydrogens (tertiary/aromatic N) is 3. The lowest BCUT2D eigenvalue weighted by Crippen LogP contribution is -2.56. The molecule has 3 rings (SSSR count). The predicted molar refractivity (Wildman–Crippen MR) is 99.1 cm³/mol. The minimum absolute atomic E-state index is 0.397. The third kappa shape index (κ3) is 4.13. The average Bonchev–Trinajstić information content (AvgIpc) is 2.57. The van der Waals surface area contributed by atoms with Crippen LogP contribution in [0.2, 0.25) is 0 Å². The van der Waals surface area contributed by atoms with Crippen LogP contribution in [0.3, 0.4) is 0 Å². The summed E-state index contributed by atoms with van der Waals surface area (Å²) in [6.45, 7) is 2.42. The van der Waals surface area contributed by atoms with E-state index < -0.39 is 0 Å². The number of hydrogen-bond donors (Lipinski definition) is 0. The molecule has 2 aliphatic carbocycles. The van der Waals surface area contributed by atoms with Gasteiger partial charge in [0.25, 0.3) is 0 Å². The van der Waals surface area contributed by atoms with Crippen molar-refractivity contribution in [2.24, 2.45) is 5.92 Å². The fourth-order valence-corrected chi connectivity index (χ4v) is 4.96. The van der Waals surface area contributed by atoms with Crippen LogP contribution in [0.1, 0.15) is 64.2 Å². The molecule has 2 saturated carbocycles. The molecule has 3 fully saturated rings. The Morgan fingerprint density at radius 3 is 2.12 bits per heavy atom. The fraction of sp³-hybridized carbons (Fsp3) is 0.950. The van der Waals surface area contributed by atoms with Gasteiger partial charge in [-0.3, -0.25) is 9.69 Å². The first kappa shape index (κ1) is 18.2. The van der Waals surface area contributed by atoms with Gasteiger partial charge in [-0.1, -0.05) is 19.3 Å². The zero-order valence-corrected chi connectivity index (χ0v) is 16.0. The lowest BCUT2D eigenvalue weighted by atomic mass is 9.82. The summed E-state index contributed by atoms with van der Waals surface area (Å²) < 4.78 is 0. The molecule has 0 aromatic rings. The van der Waals surface area contributed by atoms with E-state index in [4.69, 9.17) is 0 Å². The summed E-state index contributed by atoms with van der Waals surface area (Å²) in [6, 6.07) is 1.68. The Labute approximate surface area is 148 Å². The van der Waals surface area contributed by atoms with Crippen LogP contribution in [0.25, 0.3) is 0 Å². The van der Waals surface area contributed by atoms with Crippen LogP contribution in [-0.4, -0.2) is 73.0 Å².